The summed E-state index contributed by atoms with van der Waals surface area (Å²) in [5, 5.41) is 0. The van der Waals surface area contributed by atoms with E-state index in [1.54, 1.807) is 6.92 Å². The van der Waals surface area contributed by atoms with Crippen molar-refractivity contribution in [3.8, 4) is 0 Å². The third kappa shape index (κ3) is 6.28. The fourth-order valence-corrected chi connectivity index (χ4v) is 1.37. The summed E-state index contributed by atoms with van der Waals surface area (Å²) in [4.78, 5) is 13.4. The van der Waals surface area contributed by atoms with Crippen molar-refractivity contribution in [3.63, 3.8) is 0 Å². The summed E-state index contributed by atoms with van der Waals surface area (Å²) in [6.07, 6.45) is 4.63. The number of ether oxygens (including phenoxy) is 1. The van der Waals surface area contributed by atoms with Crippen LogP contribution < -0.4 is 0 Å². The van der Waals surface area contributed by atoms with E-state index in [0.717, 1.165) is 12.8 Å². The molecule has 0 unspecified atom stereocenters. The summed E-state index contributed by atoms with van der Waals surface area (Å²) in [6, 6.07) is 0. The molecule has 0 saturated carbocycles. The van der Waals surface area contributed by atoms with E-state index in [2.05, 4.69) is 11.5 Å². The van der Waals surface area contributed by atoms with Gasteiger partial charge in [0.25, 0.3) is 0 Å². The van der Waals surface area contributed by atoms with Crippen LogP contribution in [0.2, 0.25) is 0 Å². The smallest absolute Gasteiger partial charge is 0.333 e. The van der Waals surface area contributed by atoms with Crippen molar-refractivity contribution in [1.82, 2.24) is 4.90 Å². The number of unbranched alkanes of at least 4 members (excludes halogenated alkanes) is 3. The normalized spacial score (nSPS) is 15.0. The minimum absolute atomic E-state index is 0.265. The van der Waals surface area contributed by atoms with Crippen molar-refractivity contribution in [2.45, 2.75) is 32.6 Å². The topological polar surface area (TPSA) is 29.3 Å². The van der Waals surface area contributed by atoms with E-state index in [-0.39, 0.29) is 5.97 Å². The van der Waals surface area contributed by atoms with Crippen LogP contribution >= 0.6 is 0 Å². The highest BCUT2D eigenvalue weighted by atomic mass is 16.5. The molecule has 0 aliphatic carbocycles. The standard InChI is InChI=1S/C12H21NO2/c1-11(2)12(14)15-10-6-4-3-5-7-13-8-9-13/h1,3-10H2,2H3. The predicted octanol–water partition coefficient (Wildman–Crippen LogP) is 1.98. The van der Waals surface area contributed by atoms with E-state index in [0.29, 0.717) is 12.2 Å². The molecule has 86 valence electrons. The van der Waals surface area contributed by atoms with Gasteiger partial charge in [-0.3, -0.25) is 0 Å². The number of carbonyl (C=O) groups is 1. The molecule has 0 atom stereocenters. The Morgan fingerprint density at radius 3 is 2.53 bits per heavy atom. The van der Waals surface area contributed by atoms with Crippen molar-refractivity contribution in [1.29, 1.82) is 0 Å². The first-order valence-corrected chi connectivity index (χ1v) is 5.75. The highest BCUT2D eigenvalue weighted by Crippen LogP contribution is 2.08. The number of hydrogen-bond donors (Lipinski definition) is 0. The summed E-state index contributed by atoms with van der Waals surface area (Å²) < 4.78 is 4.99. The van der Waals surface area contributed by atoms with Gasteiger partial charge in [0.1, 0.15) is 0 Å². The van der Waals surface area contributed by atoms with Crippen LogP contribution in [0.25, 0.3) is 0 Å². The molecular formula is C12H21NO2. The van der Waals surface area contributed by atoms with Crippen molar-refractivity contribution in [2.24, 2.45) is 0 Å². The average Bonchev–Trinajstić information content (AvgIpc) is 2.99. The Morgan fingerprint density at radius 1 is 1.27 bits per heavy atom. The van der Waals surface area contributed by atoms with Gasteiger partial charge in [-0.25, -0.2) is 4.79 Å². The highest BCUT2D eigenvalue weighted by Gasteiger charge is 2.15. The van der Waals surface area contributed by atoms with Gasteiger partial charge in [0.15, 0.2) is 0 Å². The van der Waals surface area contributed by atoms with Crippen LogP contribution in [0.1, 0.15) is 32.6 Å². The largest absolute Gasteiger partial charge is 0.462 e. The minimum Gasteiger partial charge on any atom is -0.462 e. The van der Waals surface area contributed by atoms with Gasteiger partial charge >= 0.3 is 5.97 Å². The Labute approximate surface area is 92.1 Å². The van der Waals surface area contributed by atoms with Gasteiger partial charge in [-0.05, 0) is 26.3 Å². The second-order valence-electron chi connectivity index (χ2n) is 4.17. The molecule has 1 saturated heterocycles. The number of esters is 1. The minimum atomic E-state index is -0.265. The van der Waals surface area contributed by atoms with Crippen molar-refractivity contribution in [2.75, 3.05) is 26.2 Å². The van der Waals surface area contributed by atoms with Gasteiger partial charge in [0.2, 0.25) is 0 Å². The van der Waals surface area contributed by atoms with Crippen LogP contribution in [0.5, 0.6) is 0 Å². The van der Waals surface area contributed by atoms with Crippen LogP contribution in [0, 0.1) is 0 Å². The average molecular weight is 211 g/mol. The van der Waals surface area contributed by atoms with Gasteiger partial charge in [0, 0.05) is 18.7 Å². The van der Waals surface area contributed by atoms with Crippen molar-refractivity contribution in [3.05, 3.63) is 12.2 Å². The Balaban J connectivity index is 1.79. The quantitative estimate of drug-likeness (QED) is 0.266. The van der Waals surface area contributed by atoms with Crippen LogP contribution in [0.4, 0.5) is 0 Å². The number of rotatable bonds is 8. The zero-order valence-electron chi connectivity index (χ0n) is 9.63. The second kappa shape index (κ2) is 6.62. The number of hydrogen-bond acceptors (Lipinski definition) is 3. The van der Waals surface area contributed by atoms with Gasteiger partial charge in [-0.15, -0.1) is 0 Å². The van der Waals surface area contributed by atoms with E-state index in [1.165, 1.54) is 32.5 Å². The first-order valence-electron chi connectivity index (χ1n) is 5.75. The Morgan fingerprint density at radius 2 is 1.93 bits per heavy atom. The molecule has 0 aromatic heterocycles. The summed E-state index contributed by atoms with van der Waals surface area (Å²) in [7, 11) is 0. The van der Waals surface area contributed by atoms with E-state index >= 15 is 0 Å². The summed E-state index contributed by atoms with van der Waals surface area (Å²) in [6.45, 7) is 9.56. The van der Waals surface area contributed by atoms with Crippen LogP contribution in [0.15, 0.2) is 12.2 Å². The third-order valence-corrected chi connectivity index (χ3v) is 2.49. The molecule has 3 heteroatoms. The maximum atomic E-state index is 11.0. The molecule has 1 aliphatic heterocycles. The van der Waals surface area contributed by atoms with E-state index in [1.807, 2.05) is 0 Å². The Hall–Kier alpha value is -0.830. The summed E-state index contributed by atoms with van der Waals surface area (Å²) >= 11 is 0. The lowest BCUT2D eigenvalue weighted by Crippen LogP contribution is -2.06. The molecule has 0 radical (unpaired) electrons. The molecule has 0 aromatic rings. The molecular weight excluding hydrogens is 190 g/mol. The molecule has 3 nitrogen and oxygen atoms in total. The monoisotopic (exact) mass is 211 g/mol. The molecule has 0 amide bonds. The maximum absolute atomic E-state index is 11.0. The molecule has 0 N–H and O–H groups in total. The lowest BCUT2D eigenvalue weighted by Gasteiger charge is -2.04. The molecule has 1 rings (SSSR count). The Kier molecular flexibility index (Phi) is 5.40. The molecule has 0 spiro atoms. The van der Waals surface area contributed by atoms with E-state index < -0.39 is 0 Å². The lowest BCUT2D eigenvalue weighted by molar-refractivity contribution is -0.139. The fraction of sp³-hybridized carbons (Fsp3) is 0.750. The van der Waals surface area contributed by atoms with Crippen molar-refractivity contribution >= 4 is 5.97 Å². The van der Waals surface area contributed by atoms with Gasteiger partial charge in [-0.1, -0.05) is 19.4 Å². The molecule has 0 bridgehead atoms. The predicted molar refractivity (Wildman–Crippen MR) is 60.7 cm³/mol. The van der Waals surface area contributed by atoms with Crippen LogP contribution in [-0.2, 0) is 9.53 Å². The van der Waals surface area contributed by atoms with Crippen LogP contribution in [0.3, 0.4) is 0 Å². The van der Waals surface area contributed by atoms with Crippen LogP contribution in [-0.4, -0.2) is 37.1 Å². The van der Waals surface area contributed by atoms with E-state index in [4.69, 9.17) is 4.74 Å². The van der Waals surface area contributed by atoms with Crippen molar-refractivity contribution < 1.29 is 9.53 Å². The Bertz CT molecular complexity index is 222. The first kappa shape index (κ1) is 12.2. The SMILES string of the molecule is C=C(C)C(=O)OCCCCCCN1CC1. The lowest BCUT2D eigenvalue weighted by atomic mass is 10.2. The summed E-state index contributed by atoms with van der Waals surface area (Å²) in [5.41, 5.74) is 0.483. The third-order valence-electron chi connectivity index (χ3n) is 2.49. The molecule has 1 heterocycles. The van der Waals surface area contributed by atoms with Gasteiger partial charge in [-0.2, -0.15) is 0 Å². The maximum Gasteiger partial charge on any atom is 0.333 e. The first-order chi connectivity index (χ1) is 7.20. The number of nitrogens with zero attached hydrogens (tertiary/aromatic N) is 1. The fourth-order valence-electron chi connectivity index (χ4n) is 1.37. The zero-order chi connectivity index (χ0) is 11.1. The zero-order valence-corrected chi connectivity index (χ0v) is 9.63. The molecule has 0 aromatic carbocycles. The van der Waals surface area contributed by atoms with E-state index in [9.17, 15) is 4.79 Å². The van der Waals surface area contributed by atoms with Gasteiger partial charge in [0.05, 0.1) is 6.61 Å². The van der Waals surface area contributed by atoms with Gasteiger partial charge < -0.3 is 9.64 Å². The molecule has 15 heavy (non-hydrogen) atoms. The molecule has 1 fully saturated rings. The molecule has 1 aliphatic rings. The summed E-state index contributed by atoms with van der Waals surface area (Å²) in [5.74, 6) is -0.265. The highest BCUT2D eigenvalue weighted by molar-refractivity contribution is 5.86. The second-order valence-corrected chi connectivity index (χ2v) is 4.17. The number of carbonyl (C=O) groups excluding carboxylic acids is 1.